The lowest BCUT2D eigenvalue weighted by atomic mass is 10.3. The van der Waals surface area contributed by atoms with E-state index in [9.17, 15) is 9.18 Å². The van der Waals surface area contributed by atoms with E-state index in [0.29, 0.717) is 0 Å². The lowest BCUT2D eigenvalue weighted by molar-refractivity contribution is -0.127. The van der Waals surface area contributed by atoms with Crippen LogP contribution in [0.4, 0.5) is 4.39 Å². The van der Waals surface area contributed by atoms with Gasteiger partial charge < -0.3 is 4.74 Å². The van der Waals surface area contributed by atoms with E-state index in [2.05, 4.69) is 22.1 Å². The zero-order chi connectivity index (χ0) is 13.1. The van der Waals surface area contributed by atoms with Crippen LogP contribution in [0.15, 0.2) is 30.8 Å². The molecule has 0 aliphatic rings. The van der Waals surface area contributed by atoms with Gasteiger partial charge in [0.25, 0.3) is 0 Å². The van der Waals surface area contributed by atoms with E-state index in [1.54, 1.807) is 7.05 Å². The molecule has 92 valence electrons. The SMILES string of the molecule is C=C(C(=O)Oc1ccc(F)cc1)c1nnnn1C. The Balaban J connectivity index is 2.11. The maximum Gasteiger partial charge on any atom is 0.346 e. The molecule has 0 saturated carbocycles. The highest BCUT2D eigenvalue weighted by Crippen LogP contribution is 2.15. The highest BCUT2D eigenvalue weighted by Gasteiger charge is 2.17. The number of esters is 1. The third-order valence-corrected chi connectivity index (χ3v) is 2.16. The first-order valence-corrected chi connectivity index (χ1v) is 4.97. The van der Waals surface area contributed by atoms with Gasteiger partial charge in [0.2, 0.25) is 0 Å². The Bertz CT molecular complexity index is 591. The lowest BCUT2D eigenvalue weighted by Gasteiger charge is -2.05. The molecule has 2 rings (SSSR count). The number of nitrogens with zero attached hydrogens (tertiary/aromatic N) is 4. The van der Waals surface area contributed by atoms with E-state index < -0.39 is 11.8 Å². The monoisotopic (exact) mass is 248 g/mol. The van der Waals surface area contributed by atoms with Crippen molar-refractivity contribution in [3.05, 3.63) is 42.5 Å². The fourth-order valence-electron chi connectivity index (χ4n) is 1.25. The number of ether oxygens (including phenoxy) is 1. The van der Waals surface area contributed by atoms with Gasteiger partial charge in [-0.05, 0) is 34.7 Å². The van der Waals surface area contributed by atoms with Crippen LogP contribution >= 0.6 is 0 Å². The molecule has 2 aromatic rings. The van der Waals surface area contributed by atoms with Gasteiger partial charge in [-0.15, -0.1) is 5.10 Å². The Morgan fingerprint density at radius 1 is 1.39 bits per heavy atom. The third-order valence-electron chi connectivity index (χ3n) is 2.16. The van der Waals surface area contributed by atoms with Gasteiger partial charge in [-0.25, -0.2) is 13.9 Å². The molecule has 0 bridgehead atoms. The van der Waals surface area contributed by atoms with Crippen molar-refractivity contribution >= 4 is 11.5 Å². The van der Waals surface area contributed by atoms with Crippen LogP contribution in [0.25, 0.3) is 5.57 Å². The van der Waals surface area contributed by atoms with Crippen molar-refractivity contribution in [1.82, 2.24) is 20.2 Å². The summed E-state index contributed by atoms with van der Waals surface area (Å²) in [5, 5.41) is 10.6. The maximum atomic E-state index is 12.7. The van der Waals surface area contributed by atoms with E-state index >= 15 is 0 Å². The van der Waals surface area contributed by atoms with Crippen LogP contribution in [0.5, 0.6) is 5.75 Å². The molecule has 0 amide bonds. The van der Waals surface area contributed by atoms with E-state index in [0.717, 1.165) is 0 Å². The van der Waals surface area contributed by atoms with E-state index in [1.807, 2.05) is 0 Å². The maximum absolute atomic E-state index is 12.7. The number of hydrogen-bond donors (Lipinski definition) is 0. The molecule has 0 aliphatic heterocycles. The van der Waals surface area contributed by atoms with Gasteiger partial charge in [0, 0.05) is 7.05 Å². The summed E-state index contributed by atoms with van der Waals surface area (Å²) in [6.07, 6.45) is 0. The topological polar surface area (TPSA) is 69.9 Å². The number of rotatable bonds is 3. The number of carbonyl (C=O) groups excluding carboxylic acids is 1. The zero-order valence-electron chi connectivity index (χ0n) is 9.50. The highest BCUT2D eigenvalue weighted by atomic mass is 19.1. The Labute approximate surface area is 102 Å². The summed E-state index contributed by atoms with van der Waals surface area (Å²) in [7, 11) is 1.58. The minimum atomic E-state index is -0.695. The second kappa shape index (κ2) is 4.74. The zero-order valence-corrected chi connectivity index (χ0v) is 9.50. The molecule has 0 fully saturated rings. The Morgan fingerprint density at radius 2 is 2.06 bits per heavy atom. The second-order valence-electron chi connectivity index (χ2n) is 3.45. The molecule has 0 unspecified atom stereocenters. The number of aryl methyl sites for hydroxylation is 1. The summed E-state index contributed by atoms with van der Waals surface area (Å²) in [5.74, 6) is -0.676. The number of benzene rings is 1. The molecular weight excluding hydrogens is 239 g/mol. The fraction of sp³-hybridized carbons (Fsp3) is 0.0909. The standard InChI is InChI=1S/C11H9FN4O2/c1-7(10-13-14-15-16(10)2)11(17)18-9-5-3-8(12)4-6-9/h3-6H,1H2,2H3. The number of aromatic nitrogens is 4. The third kappa shape index (κ3) is 2.40. The van der Waals surface area contributed by atoms with Crippen molar-refractivity contribution in [3.8, 4) is 5.75 Å². The van der Waals surface area contributed by atoms with Crippen LogP contribution in [0, 0.1) is 5.82 Å². The Morgan fingerprint density at radius 3 is 2.61 bits per heavy atom. The molecule has 6 nitrogen and oxygen atoms in total. The molecule has 0 atom stereocenters. The molecule has 1 heterocycles. The highest BCUT2D eigenvalue weighted by molar-refractivity contribution is 6.15. The molecule has 0 radical (unpaired) electrons. The van der Waals surface area contributed by atoms with Gasteiger partial charge in [0.1, 0.15) is 11.6 Å². The van der Waals surface area contributed by atoms with Gasteiger partial charge in [-0.1, -0.05) is 6.58 Å². The summed E-state index contributed by atoms with van der Waals surface area (Å²) in [6, 6.07) is 5.06. The molecule has 0 N–H and O–H groups in total. The van der Waals surface area contributed by atoms with Crippen LogP contribution < -0.4 is 4.74 Å². The Kier molecular flexibility index (Phi) is 3.13. The van der Waals surface area contributed by atoms with E-state index in [1.165, 1.54) is 28.9 Å². The number of halogens is 1. The van der Waals surface area contributed by atoms with Crippen LogP contribution in [0.2, 0.25) is 0 Å². The predicted octanol–water partition coefficient (Wildman–Crippen LogP) is 0.968. The minimum absolute atomic E-state index is 0.0202. The van der Waals surface area contributed by atoms with Crippen LogP contribution in [0.3, 0.4) is 0 Å². The predicted molar refractivity (Wildman–Crippen MR) is 59.9 cm³/mol. The van der Waals surface area contributed by atoms with Crippen molar-refractivity contribution in [2.75, 3.05) is 0 Å². The number of tetrazole rings is 1. The minimum Gasteiger partial charge on any atom is -0.423 e. The van der Waals surface area contributed by atoms with Gasteiger partial charge in [-0.2, -0.15) is 0 Å². The first kappa shape index (κ1) is 11.9. The van der Waals surface area contributed by atoms with Crippen LogP contribution in [-0.4, -0.2) is 26.2 Å². The average molecular weight is 248 g/mol. The van der Waals surface area contributed by atoms with Gasteiger partial charge in [0.05, 0.1) is 5.57 Å². The molecule has 1 aromatic heterocycles. The van der Waals surface area contributed by atoms with Crippen molar-refractivity contribution in [1.29, 1.82) is 0 Å². The lowest BCUT2D eigenvalue weighted by Crippen LogP contribution is -2.13. The van der Waals surface area contributed by atoms with Crippen molar-refractivity contribution in [3.63, 3.8) is 0 Å². The molecule has 7 heteroatoms. The summed E-state index contributed by atoms with van der Waals surface area (Å²) in [4.78, 5) is 11.7. The average Bonchev–Trinajstić information content (AvgIpc) is 2.77. The van der Waals surface area contributed by atoms with Crippen molar-refractivity contribution < 1.29 is 13.9 Å². The molecule has 0 spiro atoms. The van der Waals surface area contributed by atoms with Crippen molar-refractivity contribution in [2.45, 2.75) is 0 Å². The smallest absolute Gasteiger partial charge is 0.346 e. The molecular formula is C11H9FN4O2. The van der Waals surface area contributed by atoms with Gasteiger partial charge in [-0.3, -0.25) is 0 Å². The van der Waals surface area contributed by atoms with Crippen LogP contribution in [0.1, 0.15) is 5.82 Å². The van der Waals surface area contributed by atoms with Crippen LogP contribution in [-0.2, 0) is 11.8 Å². The second-order valence-corrected chi connectivity index (χ2v) is 3.45. The summed E-state index contributed by atoms with van der Waals surface area (Å²) < 4.78 is 19.0. The molecule has 1 aromatic carbocycles. The first-order valence-electron chi connectivity index (χ1n) is 4.97. The molecule has 0 saturated heterocycles. The summed E-state index contributed by atoms with van der Waals surface area (Å²) in [6.45, 7) is 3.56. The summed E-state index contributed by atoms with van der Waals surface area (Å²) >= 11 is 0. The van der Waals surface area contributed by atoms with E-state index in [-0.39, 0.29) is 17.1 Å². The largest absolute Gasteiger partial charge is 0.423 e. The first-order chi connectivity index (χ1) is 8.58. The Hall–Kier alpha value is -2.57. The number of carbonyl (C=O) groups is 1. The van der Waals surface area contributed by atoms with Gasteiger partial charge >= 0.3 is 5.97 Å². The molecule has 18 heavy (non-hydrogen) atoms. The fourth-order valence-corrected chi connectivity index (χ4v) is 1.25. The molecule has 0 aliphatic carbocycles. The quantitative estimate of drug-likeness (QED) is 0.460. The van der Waals surface area contributed by atoms with E-state index in [4.69, 9.17) is 4.74 Å². The van der Waals surface area contributed by atoms with Gasteiger partial charge in [0.15, 0.2) is 5.82 Å². The summed E-state index contributed by atoms with van der Waals surface area (Å²) in [5.41, 5.74) is 0.0202. The normalized spacial score (nSPS) is 10.1. The van der Waals surface area contributed by atoms with Crippen molar-refractivity contribution in [2.24, 2.45) is 7.05 Å². The number of hydrogen-bond acceptors (Lipinski definition) is 5.